The smallest absolute Gasteiger partial charge is 0.261 e. The van der Waals surface area contributed by atoms with Gasteiger partial charge in [-0.3, -0.25) is 19.1 Å². The standard InChI is InChI=1S/C29H45N5O7.C2H6/c1-23-4-3-5-25-27(23)31-28(34(29(25)36)22-26(35)33-10-16-39-17-11-33)24(2)32-8-14-40-20-18-37-12-6-30-7-13-38-19-21-41-15-9-32;1-2/h3-5,24,30H,6-22H2,1-2H3;1-2H3. The highest BCUT2D eigenvalue weighted by atomic mass is 16.5. The molecule has 2 aliphatic rings. The first-order chi connectivity index (χ1) is 21.1. The van der Waals surface area contributed by atoms with Gasteiger partial charge in [-0.15, -0.1) is 0 Å². The van der Waals surface area contributed by atoms with Gasteiger partial charge >= 0.3 is 0 Å². The quantitative estimate of drug-likeness (QED) is 0.551. The fourth-order valence-corrected chi connectivity index (χ4v) is 5.01. The lowest BCUT2D eigenvalue weighted by Crippen LogP contribution is -2.45. The van der Waals surface area contributed by atoms with Gasteiger partial charge in [-0.1, -0.05) is 26.0 Å². The fraction of sp³-hybridized carbons (Fsp3) is 0.710. The Balaban J connectivity index is 0.00000248. The van der Waals surface area contributed by atoms with Crippen LogP contribution in [0.25, 0.3) is 10.9 Å². The summed E-state index contributed by atoms with van der Waals surface area (Å²) in [6, 6.07) is 5.30. The molecular formula is C31H51N5O7. The number of benzene rings is 1. The van der Waals surface area contributed by atoms with Crippen molar-refractivity contribution in [3.63, 3.8) is 0 Å². The summed E-state index contributed by atoms with van der Waals surface area (Å²) < 4.78 is 30.0. The molecule has 1 N–H and O–H groups in total. The highest BCUT2D eigenvalue weighted by molar-refractivity contribution is 5.82. The first-order valence-electron chi connectivity index (χ1n) is 15.7. The van der Waals surface area contributed by atoms with Crippen LogP contribution in [-0.4, -0.2) is 131 Å². The number of fused-ring (bicyclic) bond motifs is 1. The number of carbonyl (C=O) groups excluding carboxylic acids is 1. The largest absolute Gasteiger partial charge is 0.378 e. The molecule has 2 aliphatic heterocycles. The molecule has 1 amide bonds. The predicted octanol–water partition coefficient (Wildman–Crippen LogP) is 1.62. The van der Waals surface area contributed by atoms with Gasteiger partial charge in [0.05, 0.1) is 83.0 Å². The van der Waals surface area contributed by atoms with Gasteiger partial charge in [-0.05, 0) is 25.5 Å². The molecule has 4 rings (SSSR count). The molecule has 0 aliphatic carbocycles. The summed E-state index contributed by atoms with van der Waals surface area (Å²) >= 11 is 0. The SMILES string of the molecule is CC.Cc1cccc2c(=O)n(CC(=O)N3CCOCC3)c(C(C)N3CCOCCOCCNCCOCCOCC3)nc12. The zero-order chi connectivity index (χ0) is 30.9. The average Bonchev–Trinajstić information content (AvgIpc) is 3.03. The van der Waals surface area contributed by atoms with E-state index in [4.69, 9.17) is 28.7 Å². The van der Waals surface area contributed by atoms with E-state index < -0.39 is 0 Å². The van der Waals surface area contributed by atoms with E-state index in [0.717, 1.165) is 18.7 Å². The van der Waals surface area contributed by atoms with Crippen LogP contribution in [0, 0.1) is 6.92 Å². The van der Waals surface area contributed by atoms with Gasteiger partial charge in [0.15, 0.2) is 0 Å². The van der Waals surface area contributed by atoms with Gasteiger partial charge in [0.2, 0.25) is 5.91 Å². The molecule has 1 atom stereocenters. The Morgan fingerprint density at radius 2 is 1.37 bits per heavy atom. The Bertz CT molecular complexity index is 1140. The zero-order valence-electron chi connectivity index (χ0n) is 26.5. The minimum absolute atomic E-state index is 0.0697. The third-order valence-corrected chi connectivity index (χ3v) is 7.43. The van der Waals surface area contributed by atoms with Gasteiger partial charge in [-0.25, -0.2) is 4.98 Å². The lowest BCUT2D eigenvalue weighted by Gasteiger charge is -2.31. The molecule has 0 radical (unpaired) electrons. The second-order valence-corrected chi connectivity index (χ2v) is 10.2. The lowest BCUT2D eigenvalue weighted by molar-refractivity contribution is -0.136. The molecular weight excluding hydrogens is 554 g/mol. The number of amides is 1. The van der Waals surface area contributed by atoms with Crippen molar-refractivity contribution >= 4 is 16.8 Å². The Hall–Kier alpha value is -2.45. The van der Waals surface area contributed by atoms with Crippen LogP contribution in [0.2, 0.25) is 0 Å². The second kappa shape index (κ2) is 19.8. The molecule has 12 nitrogen and oxygen atoms in total. The molecule has 0 saturated carbocycles. The zero-order valence-corrected chi connectivity index (χ0v) is 26.5. The van der Waals surface area contributed by atoms with Gasteiger partial charge in [0.25, 0.3) is 5.56 Å². The molecule has 1 unspecified atom stereocenters. The summed E-state index contributed by atoms with van der Waals surface area (Å²) in [5.41, 5.74) is 1.37. The Labute approximate surface area is 255 Å². The van der Waals surface area contributed by atoms with Crippen molar-refractivity contribution in [3.05, 3.63) is 39.9 Å². The molecule has 2 aromatic rings. The van der Waals surface area contributed by atoms with Crippen LogP contribution in [0.3, 0.4) is 0 Å². The molecule has 2 saturated heterocycles. The molecule has 12 heteroatoms. The first-order valence-corrected chi connectivity index (χ1v) is 15.7. The summed E-state index contributed by atoms with van der Waals surface area (Å²) in [5.74, 6) is 0.443. The Morgan fingerprint density at radius 3 is 1.98 bits per heavy atom. The van der Waals surface area contributed by atoms with Crippen LogP contribution in [0.5, 0.6) is 0 Å². The number of hydrogen-bond donors (Lipinski definition) is 1. The number of nitrogens with zero attached hydrogens (tertiary/aromatic N) is 4. The van der Waals surface area contributed by atoms with Gasteiger partial charge in [-0.2, -0.15) is 0 Å². The van der Waals surface area contributed by atoms with Gasteiger partial charge in [0.1, 0.15) is 12.4 Å². The van der Waals surface area contributed by atoms with Crippen molar-refractivity contribution in [2.75, 3.05) is 105 Å². The van der Waals surface area contributed by atoms with Crippen molar-refractivity contribution in [2.24, 2.45) is 0 Å². The maximum absolute atomic E-state index is 13.8. The summed E-state index contributed by atoms with van der Waals surface area (Å²) in [4.78, 5) is 36.1. The van der Waals surface area contributed by atoms with Crippen LogP contribution < -0.4 is 10.9 Å². The molecule has 1 aromatic carbocycles. The van der Waals surface area contributed by atoms with E-state index in [9.17, 15) is 9.59 Å². The highest BCUT2D eigenvalue weighted by Gasteiger charge is 2.26. The summed E-state index contributed by atoms with van der Waals surface area (Å²) in [6.45, 7) is 16.9. The Morgan fingerprint density at radius 1 is 0.837 bits per heavy atom. The van der Waals surface area contributed by atoms with Crippen LogP contribution in [0.1, 0.15) is 38.2 Å². The van der Waals surface area contributed by atoms with Crippen molar-refractivity contribution < 1.29 is 28.5 Å². The number of rotatable bonds is 4. The number of nitrogens with one attached hydrogen (secondary N) is 1. The highest BCUT2D eigenvalue weighted by Crippen LogP contribution is 2.22. The normalized spacial score (nSPS) is 20.0. The molecule has 3 heterocycles. The molecule has 242 valence electrons. The molecule has 0 bridgehead atoms. The van der Waals surface area contributed by atoms with Crippen molar-refractivity contribution in [3.8, 4) is 0 Å². The number of aryl methyl sites for hydroxylation is 1. The fourth-order valence-electron chi connectivity index (χ4n) is 5.01. The van der Waals surface area contributed by atoms with E-state index in [0.29, 0.717) is 109 Å². The number of carbonyl (C=O) groups is 1. The van der Waals surface area contributed by atoms with E-state index in [1.165, 1.54) is 0 Å². The second-order valence-electron chi connectivity index (χ2n) is 10.2. The van der Waals surface area contributed by atoms with Crippen LogP contribution in [0.15, 0.2) is 23.0 Å². The van der Waals surface area contributed by atoms with E-state index in [1.807, 2.05) is 39.8 Å². The third-order valence-electron chi connectivity index (χ3n) is 7.43. The van der Waals surface area contributed by atoms with Crippen LogP contribution in [0.4, 0.5) is 0 Å². The van der Waals surface area contributed by atoms with E-state index in [2.05, 4.69) is 10.2 Å². The molecule has 43 heavy (non-hydrogen) atoms. The van der Waals surface area contributed by atoms with Crippen molar-refractivity contribution in [1.29, 1.82) is 0 Å². The first kappa shape index (κ1) is 35.0. The number of aromatic nitrogens is 2. The number of hydrogen-bond acceptors (Lipinski definition) is 10. The average molecular weight is 606 g/mol. The number of ether oxygens (including phenoxy) is 5. The topological polar surface area (TPSA) is 117 Å². The predicted molar refractivity (Wildman–Crippen MR) is 166 cm³/mol. The molecule has 1 aromatic heterocycles. The molecule has 0 spiro atoms. The van der Waals surface area contributed by atoms with E-state index in [-0.39, 0.29) is 24.1 Å². The van der Waals surface area contributed by atoms with Gasteiger partial charge < -0.3 is 33.9 Å². The summed E-state index contributed by atoms with van der Waals surface area (Å²) in [6.07, 6.45) is 0. The van der Waals surface area contributed by atoms with E-state index in [1.54, 1.807) is 15.5 Å². The van der Waals surface area contributed by atoms with Crippen LogP contribution in [-0.2, 0) is 35.0 Å². The van der Waals surface area contributed by atoms with E-state index >= 15 is 0 Å². The monoisotopic (exact) mass is 605 g/mol. The van der Waals surface area contributed by atoms with Crippen molar-refractivity contribution in [1.82, 2.24) is 24.7 Å². The summed E-state index contributed by atoms with van der Waals surface area (Å²) in [5, 5.41) is 3.79. The lowest BCUT2D eigenvalue weighted by atomic mass is 10.1. The molecule has 2 fully saturated rings. The Kier molecular flexibility index (Phi) is 16.1. The minimum Gasteiger partial charge on any atom is -0.378 e. The maximum Gasteiger partial charge on any atom is 0.261 e. The van der Waals surface area contributed by atoms with Crippen LogP contribution >= 0.6 is 0 Å². The number of para-hydroxylation sites is 1. The number of morpholine rings is 1. The minimum atomic E-state index is -0.277. The van der Waals surface area contributed by atoms with Crippen molar-refractivity contribution in [2.45, 2.75) is 40.3 Å². The summed E-state index contributed by atoms with van der Waals surface area (Å²) in [7, 11) is 0. The van der Waals surface area contributed by atoms with Gasteiger partial charge in [0, 0.05) is 39.3 Å². The maximum atomic E-state index is 13.8. The third kappa shape index (κ3) is 10.9.